The molecule has 2 heterocycles. The summed E-state index contributed by atoms with van der Waals surface area (Å²) in [6, 6.07) is 10.3. The predicted octanol–water partition coefficient (Wildman–Crippen LogP) is 3.00. The van der Waals surface area contributed by atoms with Crippen LogP contribution < -0.4 is 5.32 Å². The molecule has 1 aromatic heterocycles. The Morgan fingerprint density at radius 2 is 1.80 bits per heavy atom. The number of thiophene rings is 1. The quantitative estimate of drug-likeness (QED) is 0.569. The number of amides is 5. The van der Waals surface area contributed by atoms with E-state index in [-0.39, 0.29) is 6.04 Å². The van der Waals surface area contributed by atoms with Gasteiger partial charge in [-0.3, -0.25) is 19.3 Å². The molecule has 1 saturated heterocycles. The second-order valence-corrected chi connectivity index (χ2v) is 8.69. The molecule has 1 aromatic carbocycles. The van der Waals surface area contributed by atoms with E-state index in [9.17, 15) is 19.2 Å². The Morgan fingerprint density at radius 1 is 1.10 bits per heavy atom. The lowest BCUT2D eigenvalue weighted by Gasteiger charge is -2.22. The number of benzene rings is 1. The van der Waals surface area contributed by atoms with Crippen LogP contribution in [0.5, 0.6) is 0 Å². The summed E-state index contributed by atoms with van der Waals surface area (Å²) in [6.07, 6.45) is 3.27. The zero-order valence-electron chi connectivity index (χ0n) is 16.7. The normalized spacial score (nSPS) is 18.4. The molecule has 0 spiro atoms. The van der Waals surface area contributed by atoms with Crippen LogP contribution in [0.15, 0.2) is 41.8 Å². The maximum atomic E-state index is 12.8. The fourth-order valence-corrected chi connectivity index (χ4v) is 4.83. The number of carbonyl (C=O) groups is 4. The van der Waals surface area contributed by atoms with Gasteiger partial charge in [-0.1, -0.05) is 48.7 Å². The van der Waals surface area contributed by atoms with E-state index < -0.39 is 36.3 Å². The van der Waals surface area contributed by atoms with E-state index in [1.54, 1.807) is 0 Å². The number of aryl methyl sites for hydroxylation is 1. The van der Waals surface area contributed by atoms with Gasteiger partial charge in [-0.15, -0.1) is 11.3 Å². The van der Waals surface area contributed by atoms with Crippen molar-refractivity contribution in [1.29, 1.82) is 0 Å². The standard InChI is InChI=1S/C22H23N3O4S/c1-14-8-10-15(11-9-14)19(17-7-4-12-30-17)23-18(26)13-24-20(27)21(28)25(22(24)29)16-5-2-3-6-16/h4,7-12,16,19H,2-3,5-6,13H2,1H3,(H,23,26)/t19-/m0/s1. The van der Waals surface area contributed by atoms with Gasteiger partial charge >= 0.3 is 17.8 Å². The van der Waals surface area contributed by atoms with Crippen molar-refractivity contribution in [2.75, 3.05) is 6.54 Å². The molecule has 30 heavy (non-hydrogen) atoms. The first-order valence-corrected chi connectivity index (χ1v) is 10.9. The van der Waals surface area contributed by atoms with Crippen LogP contribution in [0, 0.1) is 6.92 Å². The smallest absolute Gasteiger partial charge is 0.334 e. The van der Waals surface area contributed by atoms with Crippen molar-refractivity contribution in [2.24, 2.45) is 0 Å². The van der Waals surface area contributed by atoms with Gasteiger partial charge < -0.3 is 5.32 Å². The molecule has 2 aliphatic rings. The minimum absolute atomic E-state index is 0.242. The van der Waals surface area contributed by atoms with Gasteiger partial charge in [0.15, 0.2) is 0 Å². The van der Waals surface area contributed by atoms with Gasteiger partial charge in [-0.25, -0.2) is 9.69 Å². The highest BCUT2D eigenvalue weighted by Gasteiger charge is 2.48. The molecule has 4 rings (SSSR count). The fraction of sp³-hybridized carbons (Fsp3) is 0.364. The van der Waals surface area contributed by atoms with Gasteiger partial charge in [-0.2, -0.15) is 0 Å². The van der Waals surface area contributed by atoms with Gasteiger partial charge in [0.1, 0.15) is 6.54 Å². The Bertz CT molecular complexity index is 965. The number of hydrogen-bond acceptors (Lipinski definition) is 5. The van der Waals surface area contributed by atoms with E-state index in [1.807, 2.05) is 48.7 Å². The summed E-state index contributed by atoms with van der Waals surface area (Å²) in [5.41, 5.74) is 2.01. The average molecular weight is 426 g/mol. The number of carbonyl (C=O) groups excluding carboxylic acids is 4. The molecule has 0 radical (unpaired) electrons. The molecule has 1 saturated carbocycles. The molecule has 2 aromatic rings. The topological polar surface area (TPSA) is 86.8 Å². The van der Waals surface area contributed by atoms with E-state index in [2.05, 4.69) is 5.32 Å². The molecule has 1 aliphatic heterocycles. The second-order valence-electron chi connectivity index (χ2n) is 7.71. The summed E-state index contributed by atoms with van der Waals surface area (Å²) < 4.78 is 0. The molecular weight excluding hydrogens is 402 g/mol. The van der Waals surface area contributed by atoms with Gasteiger partial charge in [0.2, 0.25) is 5.91 Å². The average Bonchev–Trinajstić information content (AvgIpc) is 3.47. The molecule has 1 aliphatic carbocycles. The molecule has 0 bridgehead atoms. The molecule has 156 valence electrons. The lowest BCUT2D eigenvalue weighted by Crippen LogP contribution is -2.43. The zero-order valence-corrected chi connectivity index (χ0v) is 17.5. The third-order valence-corrected chi connectivity index (χ3v) is 6.56. The second kappa shape index (κ2) is 8.39. The van der Waals surface area contributed by atoms with Crippen LogP contribution in [-0.2, 0) is 14.4 Å². The van der Waals surface area contributed by atoms with Crippen LogP contribution in [0.3, 0.4) is 0 Å². The Hall–Kier alpha value is -3.00. The third-order valence-electron chi connectivity index (χ3n) is 5.62. The first kappa shape index (κ1) is 20.3. The minimum atomic E-state index is -0.926. The Balaban J connectivity index is 1.49. The van der Waals surface area contributed by atoms with E-state index in [4.69, 9.17) is 0 Å². The van der Waals surface area contributed by atoms with E-state index in [0.717, 1.165) is 38.6 Å². The van der Waals surface area contributed by atoms with Crippen LogP contribution in [0.1, 0.15) is 47.7 Å². The predicted molar refractivity (Wildman–Crippen MR) is 112 cm³/mol. The van der Waals surface area contributed by atoms with E-state index in [1.165, 1.54) is 11.3 Å². The SMILES string of the molecule is Cc1ccc([C@H](NC(=O)CN2C(=O)C(=O)N(C3CCCC3)C2=O)c2cccs2)cc1. The Kier molecular flexibility index (Phi) is 5.67. The molecule has 2 fully saturated rings. The van der Waals surface area contributed by atoms with Gasteiger partial charge in [0, 0.05) is 10.9 Å². The number of rotatable bonds is 6. The van der Waals surface area contributed by atoms with Crippen molar-refractivity contribution < 1.29 is 19.2 Å². The first-order chi connectivity index (χ1) is 14.5. The zero-order chi connectivity index (χ0) is 21.3. The van der Waals surface area contributed by atoms with Gasteiger partial charge in [-0.05, 0) is 36.8 Å². The van der Waals surface area contributed by atoms with Crippen LogP contribution in [0.25, 0.3) is 0 Å². The summed E-state index contributed by atoms with van der Waals surface area (Å²) in [5.74, 6) is -2.24. The lowest BCUT2D eigenvalue weighted by atomic mass is 10.0. The highest BCUT2D eigenvalue weighted by molar-refractivity contribution is 7.10. The maximum Gasteiger partial charge on any atom is 0.334 e. The van der Waals surface area contributed by atoms with Gasteiger partial charge in [0.05, 0.1) is 6.04 Å². The van der Waals surface area contributed by atoms with Crippen molar-refractivity contribution >= 4 is 35.1 Å². The molecule has 0 unspecified atom stereocenters. The van der Waals surface area contributed by atoms with E-state index in [0.29, 0.717) is 12.8 Å². The molecule has 1 N–H and O–H groups in total. The number of imide groups is 2. The highest BCUT2D eigenvalue weighted by Crippen LogP contribution is 2.29. The van der Waals surface area contributed by atoms with Crippen molar-refractivity contribution in [3.63, 3.8) is 0 Å². The van der Waals surface area contributed by atoms with Crippen molar-refractivity contribution in [3.8, 4) is 0 Å². The number of hydrogen-bond donors (Lipinski definition) is 1. The summed E-state index contributed by atoms with van der Waals surface area (Å²) in [5, 5.41) is 4.84. The van der Waals surface area contributed by atoms with Crippen LogP contribution in [-0.4, -0.2) is 46.1 Å². The third kappa shape index (κ3) is 3.87. The number of urea groups is 1. The van der Waals surface area contributed by atoms with E-state index >= 15 is 0 Å². The summed E-state index contributed by atoms with van der Waals surface area (Å²) in [6.45, 7) is 1.51. The molecule has 5 amide bonds. The largest absolute Gasteiger partial charge is 0.343 e. The lowest BCUT2D eigenvalue weighted by molar-refractivity contribution is -0.144. The van der Waals surface area contributed by atoms with Crippen molar-refractivity contribution in [1.82, 2.24) is 15.1 Å². The van der Waals surface area contributed by atoms with Crippen molar-refractivity contribution in [2.45, 2.75) is 44.7 Å². The summed E-state index contributed by atoms with van der Waals surface area (Å²) >= 11 is 1.51. The molecule has 1 atom stereocenters. The summed E-state index contributed by atoms with van der Waals surface area (Å²) in [7, 11) is 0. The maximum absolute atomic E-state index is 12.8. The number of nitrogens with zero attached hydrogens (tertiary/aromatic N) is 2. The van der Waals surface area contributed by atoms with Crippen LogP contribution >= 0.6 is 11.3 Å². The van der Waals surface area contributed by atoms with Gasteiger partial charge in [0.25, 0.3) is 0 Å². The van der Waals surface area contributed by atoms with Crippen molar-refractivity contribution in [3.05, 3.63) is 57.8 Å². The summed E-state index contributed by atoms with van der Waals surface area (Å²) in [4.78, 5) is 52.9. The number of nitrogens with one attached hydrogen (secondary N) is 1. The monoisotopic (exact) mass is 425 g/mol. The molecule has 7 nitrogen and oxygen atoms in total. The Labute approximate surface area is 178 Å². The molecular formula is C22H23N3O4S. The minimum Gasteiger partial charge on any atom is -0.343 e. The highest BCUT2D eigenvalue weighted by atomic mass is 32.1. The van der Waals surface area contributed by atoms with Crippen LogP contribution in [0.2, 0.25) is 0 Å². The molecule has 8 heteroatoms. The fourth-order valence-electron chi connectivity index (χ4n) is 4.03. The first-order valence-electron chi connectivity index (χ1n) is 10.0. The van der Waals surface area contributed by atoms with Crippen LogP contribution in [0.4, 0.5) is 4.79 Å². The Morgan fingerprint density at radius 3 is 2.43 bits per heavy atom.